The molecule has 1 saturated heterocycles. The number of aliphatic hydroxyl groups is 1. The van der Waals surface area contributed by atoms with E-state index in [9.17, 15) is 0 Å². The van der Waals surface area contributed by atoms with Gasteiger partial charge in [0.2, 0.25) is 0 Å². The first-order valence-corrected chi connectivity index (χ1v) is 4.12. The van der Waals surface area contributed by atoms with E-state index in [1.54, 1.807) is 0 Å². The Hall–Kier alpha value is -0.120. The van der Waals surface area contributed by atoms with Crippen molar-refractivity contribution in [1.82, 2.24) is 9.80 Å². The third-order valence-corrected chi connectivity index (χ3v) is 2.14. The van der Waals surface area contributed by atoms with E-state index in [-0.39, 0.29) is 6.61 Å². The molecule has 0 atom stereocenters. The van der Waals surface area contributed by atoms with Gasteiger partial charge in [-0.1, -0.05) is 0 Å². The van der Waals surface area contributed by atoms with Gasteiger partial charge < -0.3 is 10.0 Å². The maximum atomic E-state index is 8.66. The molecule has 0 spiro atoms. The van der Waals surface area contributed by atoms with Crippen LogP contribution in [0.15, 0.2) is 0 Å². The molecule has 0 bridgehead atoms. The molecule has 0 amide bonds. The summed E-state index contributed by atoms with van der Waals surface area (Å²) in [6.07, 6.45) is 0. The monoisotopic (exact) mass is 156 g/mol. The molecular formula is C8H16N2O. The number of rotatable bonds is 3. The van der Waals surface area contributed by atoms with Gasteiger partial charge in [-0.2, -0.15) is 0 Å². The second kappa shape index (κ2) is 4.70. The molecule has 0 aromatic carbocycles. The Balaban J connectivity index is 2.14. The lowest BCUT2D eigenvalue weighted by atomic mass is 10.3. The fourth-order valence-corrected chi connectivity index (χ4v) is 1.34. The minimum Gasteiger partial charge on any atom is -0.395 e. The van der Waals surface area contributed by atoms with E-state index in [2.05, 4.69) is 9.80 Å². The van der Waals surface area contributed by atoms with Crippen molar-refractivity contribution in [2.24, 2.45) is 0 Å². The predicted molar refractivity (Wildman–Crippen MR) is 44.3 cm³/mol. The first-order valence-electron chi connectivity index (χ1n) is 4.12. The summed E-state index contributed by atoms with van der Waals surface area (Å²) < 4.78 is 0. The molecule has 3 nitrogen and oxygen atoms in total. The van der Waals surface area contributed by atoms with Crippen molar-refractivity contribution in [2.45, 2.75) is 0 Å². The van der Waals surface area contributed by atoms with Gasteiger partial charge in [0, 0.05) is 39.3 Å². The van der Waals surface area contributed by atoms with E-state index in [0.717, 1.165) is 32.7 Å². The number of hydrogen-bond acceptors (Lipinski definition) is 3. The summed E-state index contributed by atoms with van der Waals surface area (Å²) in [6, 6.07) is 0. The molecule has 11 heavy (non-hydrogen) atoms. The molecule has 64 valence electrons. The second-order valence-corrected chi connectivity index (χ2v) is 2.87. The highest BCUT2D eigenvalue weighted by Gasteiger charge is 2.13. The molecule has 0 aliphatic carbocycles. The van der Waals surface area contributed by atoms with E-state index in [4.69, 9.17) is 12.0 Å². The number of β-amino-alcohol motifs (C(OH)–C–C–N with tert-alkyl or cyclic N) is 1. The lowest BCUT2D eigenvalue weighted by Gasteiger charge is -2.33. The molecule has 0 unspecified atom stereocenters. The summed E-state index contributed by atoms with van der Waals surface area (Å²) in [5.41, 5.74) is 0. The summed E-state index contributed by atoms with van der Waals surface area (Å²) in [5, 5.41) is 8.66. The van der Waals surface area contributed by atoms with Crippen LogP contribution in [0, 0.1) is 6.92 Å². The van der Waals surface area contributed by atoms with Crippen molar-refractivity contribution in [3.63, 3.8) is 0 Å². The summed E-state index contributed by atoms with van der Waals surface area (Å²) in [5.74, 6) is 0. The first-order chi connectivity index (χ1) is 5.36. The SMILES string of the molecule is [CH]CN1CCN(CCO)CC1. The van der Waals surface area contributed by atoms with Gasteiger partial charge in [-0.25, -0.2) is 0 Å². The summed E-state index contributed by atoms with van der Waals surface area (Å²) in [7, 11) is 0. The fraction of sp³-hybridized carbons (Fsp3) is 0.875. The van der Waals surface area contributed by atoms with E-state index in [1.807, 2.05) is 0 Å². The Bertz CT molecular complexity index is 100. The lowest BCUT2D eigenvalue weighted by Crippen LogP contribution is -2.46. The summed E-state index contributed by atoms with van der Waals surface area (Å²) in [4.78, 5) is 4.47. The zero-order valence-electron chi connectivity index (χ0n) is 6.87. The molecule has 0 aromatic rings. The largest absolute Gasteiger partial charge is 0.395 e. The molecule has 2 radical (unpaired) electrons. The Labute approximate surface area is 68.6 Å². The van der Waals surface area contributed by atoms with Crippen LogP contribution >= 0.6 is 0 Å². The first kappa shape index (κ1) is 8.97. The second-order valence-electron chi connectivity index (χ2n) is 2.87. The molecule has 0 aromatic heterocycles. The minimum atomic E-state index is 0.266. The van der Waals surface area contributed by atoms with Crippen LogP contribution in [0.3, 0.4) is 0 Å². The Morgan fingerprint density at radius 2 is 1.64 bits per heavy atom. The maximum absolute atomic E-state index is 8.66. The fourth-order valence-electron chi connectivity index (χ4n) is 1.34. The Morgan fingerprint density at radius 3 is 2.09 bits per heavy atom. The summed E-state index contributed by atoms with van der Waals surface area (Å²) >= 11 is 0. The molecular weight excluding hydrogens is 140 g/mol. The van der Waals surface area contributed by atoms with Gasteiger partial charge in [0.1, 0.15) is 0 Å². The van der Waals surface area contributed by atoms with E-state index in [0.29, 0.717) is 6.54 Å². The molecule has 1 fully saturated rings. The third kappa shape index (κ3) is 2.77. The topological polar surface area (TPSA) is 26.7 Å². The average molecular weight is 156 g/mol. The van der Waals surface area contributed by atoms with Crippen LogP contribution in [0.5, 0.6) is 0 Å². The smallest absolute Gasteiger partial charge is 0.0558 e. The van der Waals surface area contributed by atoms with Crippen molar-refractivity contribution < 1.29 is 5.11 Å². The van der Waals surface area contributed by atoms with Crippen molar-refractivity contribution >= 4 is 0 Å². The van der Waals surface area contributed by atoms with Crippen LogP contribution in [0.1, 0.15) is 0 Å². The lowest BCUT2D eigenvalue weighted by molar-refractivity contribution is 0.119. The third-order valence-electron chi connectivity index (χ3n) is 2.14. The number of nitrogens with zero attached hydrogens (tertiary/aromatic N) is 2. The van der Waals surface area contributed by atoms with Crippen molar-refractivity contribution in [1.29, 1.82) is 0 Å². The zero-order valence-corrected chi connectivity index (χ0v) is 6.87. The Kier molecular flexibility index (Phi) is 3.83. The molecule has 3 heteroatoms. The molecule has 1 rings (SSSR count). The Morgan fingerprint density at radius 1 is 1.09 bits per heavy atom. The standard InChI is InChI=1S/C8H16N2O/c1-2-9-3-5-10(6-4-9)7-8-11/h1,11H,2-8H2. The molecule has 1 aliphatic rings. The minimum absolute atomic E-state index is 0.266. The van der Waals surface area contributed by atoms with Gasteiger partial charge in [-0.15, -0.1) is 0 Å². The number of aliphatic hydroxyl groups excluding tert-OH is 1. The van der Waals surface area contributed by atoms with Gasteiger partial charge in [0.15, 0.2) is 0 Å². The van der Waals surface area contributed by atoms with Gasteiger partial charge in [-0.05, 0) is 6.92 Å². The van der Waals surface area contributed by atoms with E-state index >= 15 is 0 Å². The van der Waals surface area contributed by atoms with Gasteiger partial charge in [0.25, 0.3) is 0 Å². The van der Waals surface area contributed by atoms with Gasteiger partial charge >= 0.3 is 0 Å². The highest BCUT2D eigenvalue weighted by atomic mass is 16.3. The van der Waals surface area contributed by atoms with Gasteiger partial charge in [-0.3, -0.25) is 4.90 Å². The van der Waals surface area contributed by atoms with Crippen LogP contribution in [0.2, 0.25) is 0 Å². The normalized spacial score (nSPS) is 22.4. The molecule has 1 N–H and O–H groups in total. The van der Waals surface area contributed by atoms with E-state index in [1.165, 1.54) is 0 Å². The van der Waals surface area contributed by atoms with E-state index < -0.39 is 0 Å². The van der Waals surface area contributed by atoms with Crippen molar-refractivity contribution in [3.8, 4) is 0 Å². The summed E-state index contributed by atoms with van der Waals surface area (Å²) in [6.45, 7) is 11.4. The predicted octanol–water partition coefficient (Wildman–Crippen LogP) is -0.693. The molecule has 1 heterocycles. The van der Waals surface area contributed by atoms with Crippen LogP contribution in [0.4, 0.5) is 0 Å². The van der Waals surface area contributed by atoms with Crippen LogP contribution < -0.4 is 0 Å². The zero-order chi connectivity index (χ0) is 8.10. The van der Waals surface area contributed by atoms with Crippen molar-refractivity contribution in [3.05, 3.63) is 6.92 Å². The highest BCUT2D eigenvalue weighted by Crippen LogP contribution is 1.99. The number of hydrogen-bond donors (Lipinski definition) is 1. The van der Waals surface area contributed by atoms with Crippen LogP contribution in [0.25, 0.3) is 0 Å². The quantitative estimate of drug-likeness (QED) is 0.586. The van der Waals surface area contributed by atoms with Crippen LogP contribution in [-0.4, -0.2) is 60.8 Å². The highest BCUT2D eigenvalue weighted by molar-refractivity contribution is 4.71. The maximum Gasteiger partial charge on any atom is 0.0558 e. The molecule has 1 aliphatic heterocycles. The van der Waals surface area contributed by atoms with Crippen LogP contribution in [-0.2, 0) is 0 Å². The van der Waals surface area contributed by atoms with Crippen molar-refractivity contribution in [2.75, 3.05) is 45.9 Å². The number of piperazine rings is 1. The average Bonchev–Trinajstić information content (AvgIpc) is 2.07. The van der Waals surface area contributed by atoms with Gasteiger partial charge in [0.05, 0.1) is 6.61 Å². The molecule has 0 saturated carbocycles.